The van der Waals surface area contributed by atoms with Gasteiger partial charge in [0.25, 0.3) is 5.69 Å². The molecule has 1 aliphatic heterocycles. The number of carbonyl (C=O) groups is 1. The summed E-state index contributed by atoms with van der Waals surface area (Å²) in [7, 11) is 0. The minimum Gasteiger partial charge on any atom is -0.368 e. The van der Waals surface area contributed by atoms with Gasteiger partial charge < -0.3 is 10.2 Å². The monoisotopic (exact) mass is 343 g/mol. The first-order chi connectivity index (χ1) is 11.9. The van der Waals surface area contributed by atoms with E-state index < -0.39 is 11.0 Å². The van der Waals surface area contributed by atoms with Gasteiger partial charge >= 0.3 is 0 Å². The number of nitrogens with zero attached hydrogens (tertiary/aromatic N) is 2. The first-order valence-corrected chi connectivity index (χ1v) is 7.99. The number of benzene rings is 2. The molecule has 1 saturated heterocycles. The van der Waals surface area contributed by atoms with Crippen molar-refractivity contribution in [2.45, 2.75) is 25.9 Å². The number of nitrogens with one attached hydrogen (secondary N) is 1. The number of nitro benzene ring substituents is 1. The summed E-state index contributed by atoms with van der Waals surface area (Å²) in [5.41, 5.74) is 1.94. The normalized spacial score (nSPS) is 17.0. The quantitative estimate of drug-likeness (QED) is 0.668. The van der Waals surface area contributed by atoms with Gasteiger partial charge in [0.1, 0.15) is 17.5 Å². The van der Waals surface area contributed by atoms with E-state index in [1.54, 1.807) is 36.1 Å². The third kappa shape index (κ3) is 3.76. The third-order valence-electron chi connectivity index (χ3n) is 4.26. The lowest BCUT2D eigenvalue weighted by atomic mass is 10.1. The lowest BCUT2D eigenvalue weighted by molar-refractivity contribution is -0.384. The Kier molecular flexibility index (Phi) is 4.65. The summed E-state index contributed by atoms with van der Waals surface area (Å²) in [5.74, 6) is -0.429. The Morgan fingerprint density at radius 2 is 2.00 bits per heavy atom. The van der Waals surface area contributed by atoms with Crippen molar-refractivity contribution in [3.05, 3.63) is 69.5 Å². The molecular formula is C18H18FN3O3. The highest BCUT2D eigenvalue weighted by Crippen LogP contribution is 2.28. The maximum absolute atomic E-state index is 13.0. The van der Waals surface area contributed by atoms with Crippen molar-refractivity contribution in [2.24, 2.45) is 0 Å². The Labute approximate surface area is 144 Å². The minimum absolute atomic E-state index is 0.0372. The van der Waals surface area contributed by atoms with E-state index in [2.05, 4.69) is 5.32 Å². The number of anilines is 1. The van der Waals surface area contributed by atoms with Crippen molar-refractivity contribution < 1.29 is 14.1 Å². The van der Waals surface area contributed by atoms with Crippen LogP contribution in [0.1, 0.15) is 17.5 Å². The standard InChI is InChI=1S/C18H18FN3O3/c1-12-2-7-15(17(10-12)22(24)25)20-16-8-9-21(18(16)23)11-13-3-5-14(19)6-4-13/h2-7,10,16,20H,8-9,11H2,1H3. The molecule has 1 amide bonds. The van der Waals surface area contributed by atoms with Gasteiger partial charge in [-0.1, -0.05) is 18.2 Å². The number of halogens is 1. The second kappa shape index (κ2) is 6.88. The zero-order valence-electron chi connectivity index (χ0n) is 13.7. The molecule has 0 radical (unpaired) electrons. The predicted octanol–water partition coefficient (Wildman–Crippen LogP) is 3.26. The number of amides is 1. The van der Waals surface area contributed by atoms with Gasteiger partial charge in [-0.15, -0.1) is 0 Å². The summed E-state index contributed by atoms with van der Waals surface area (Å²) in [5, 5.41) is 14.2. The summed E-state index contributed by atoms with van der Waals surface area (Å²) >= 11 is 0. The molecule has 0 bridgehead atoms. The van der Waals surface area contributed by atoms with Crippen LogP contribution in [-0.2, 0) is 11.3 Å². The highest BCUT2D eigenvalue weighted by Gasteiger charge is 2.32. The highest BCUT2D eigenvalue weighted by atomic mass is 19.1. The van der Waals surface area contributed by atoms with Crippen LogP contribution in [0.25, 0.3) is 0 Å². The van der Waals surface area contributed by atoms with E-state index in [0.717, 1.165) is 11.1 Å². The first kappa shape index (κ1) is 16.9. The molecule has 0 aromatic heterocycles. The number of hydrogen-bond acceptors (Lipinski definition) is 4. The van der Waals surface area contributed by atoms with E-state index in [-0.39, 0.29) is 17.4 Å². The van der Waals surface area contributed by atoms with Gasteiger partial charge in [0.2, 0.25) is 5.91 Å². The number of hydrogen-bond donors (Lipinski definition) is 1. The zero-order valence-corrected chi connectivity index (χ0v) is 13.7. The molecule has 0 aliphatic carbocycles. The molecule has 3 rings (SSSR count). The van der Waals surface area contributed by atoms with Crippen molar-refractivity contribution >= 4 is 17.3 Å². The number of aryl methyl sites for hydroxylation is 1. The summed E-state index contributed by atoms with van der Waals surface area (Å²) in [6.45, 7) is 2.72. The van der Waals surface area contributed by atoms with Gasteiger partial charge in [0, 0.05) is 19.2 Å². The van der Waals surface area contributed by atoms with Crippen LogP contribution in [-0.4, -0.2) is 28.3 Å². The van der Waals surface area contributed by atoms with Crippen molar-refractivity contribution in [2.75, 3.05) is 11.9 Å². The second-order valence-corrected chi connectivity index (χ2v) is 6.15. The van der Waals surface area contributed by atoms with E-state index in [0.29, 0.717) is 25.2 Å². The van der Waals surface area contributed by atoms with Gasteiger partial charge in [0.15, 0.2) is 0 Å². The molecule has 1 heterocycles. The molecule has 0 saturated carbocycles. The van der Waals surface area contributed by atoms with Crippen molar-refractivity contribution in [3.63, 3.8) is 0 Å². The summed E-state index contributed by atoms with van der Waals surface area (Å²) in [4.78, 5) is 25.0. The van der Waals surface area contributed by atoms with Crippen molar-refractivity contribution in [1.82, 2.24) is 4.90 Å². The fourth-order valence-electron chi connectivity index (χ4n) is 2.94. The molecule has 2 aromatic carbocycles. The van der Waals surface area contributed by atoms with Crippen molar-refractivity contribution in [1.29, 1.82) is 0 Å². The summed E-state index contributed by atoms with van der Waals surface area (Å²) in [6, 6.07) is 10.4. The topological polar surface area (TPSA) is 75.5 Å². The Morgan fingerprint density at radius 3 is 2.68 bits per heavy atom. The third-order valence-corrected chi connectivity index (χ3v) is 4.26. The number of likely N-dealkylation sites (tertiary alicyclic amines) is 1. The lowest BCUT2D eigenvalue weighted by Gasteiger charge is -2.18. The molecule has 1 unspecified atom stereocenters. The Balaban J connectivity index is 1.70. The smallest absolute Gasteiger partial charge is 0.292 e. The van der Waals surface area contributed by atoms with Gasteiger partial charge in [-0.2, -0.15) is 0 Å². The van der Waals surface area contributed by atoms with Crippen LogP contribution < -0.4 is 5.32 Å². The molecule has 1 aliphatic rings. The average molecular weight is 343 g/mol. The van der Waals surface area contributed by atoms with Gasteiger partial charge in [-0.25, -0.2) is 4.39 Å². The molecule has 1 fully saturated rings. The van der Waals surface area contributed by atoms with Crippen LogP contribution in [0.2, 0.25) is 0 Å². The minimum atomic E-state index is -0.498. The molecule has 130 valence electrons. The molecular weight excluding hydrogens is 325 g/mol. The van der Waals surface area contributed by atoms with Crippen LogP contribution >= 0.6 is 0 Å². The maximum atomic E-state index is 13.0. The summed E-state index contributed by atoms with van der Waals surface area (Å²) < 4.78 is 13.0. The Morgan fingerprint density at radius 1 is 1.28 bits per heavy atom. The molecule has 6 nitrogen and oxygen atoms in total. The van der Waals surface area contributed by atoms with Crippen LogP contribution in [0.4, 0.5) is 15.8 Å². The first-order valence-electron chi connectivity index (χ1n) is 7.99. The van der Waals surface area contributed by atoms with E-state index in [4.69, 9.17) is 0 Å². The van der Waals surface area contributed by atoms with Crippen LogP contribution in [0.5, 0.6) is 0 Å². The van der Waals surface area contributed by atoms with Gasteiger partial charge in [0.05, 0.1) is 4.92 Å². The number of nitro groups is 1. The number of rotatable bonds is 5. The van der Waals surface area contributed by atoms with E-state index in [1.807, 2.05) is 0 Å². The van der Waals surface area contributed by atoms with E-state index in [9.17, 15) is 19.3 Å². The van der Waals surface area contributed by atoms with E-state index >= 15 is 0 Å². The molecule has 7 heteroatoms. The Hall–Kier alpha value is -2.96. The van der Waals surface area contributed by atoms with Crippen LogP contribution in [0.15, 0.2) is 42.5 Å². The molecule has 25 heavy (non-hydrogen) atoms. The largest absolute Gasteiger partial charge is 0.368 e. The number of carbonyl (C=O) groups excluding carboxylic acids is 1. The molecule has 1 atom stereocenters. The predicted molar refractivity (Wildman–Crippen MR) is 91.7 cm³/mol. The maximum Gasteiger partial charge on any atom is 0.292 e. The molecule has 1 N–H and O–H groups in total. The van der Waals surface area contributed by atoms with Crippen molar-refractivity contribution in [3.8, 4) is 0 Å². The average Bonchev–Trinajstić information content (AvgIpc) is 2.91. The van der Waals surface area contributed by atoms with Gasteiger partial charge in [-0.05, 0) is 42.7 Å². The van der Waals surface area contributed by atoms with Gasteiger partial charge in [-0.3, -0.25) is 14.9 Å². The summed E-state index contributed by atoms with van der Waals surface area (Å²) in [6.07, 6.45) is 0.561. The second-order valence-electron chi connectivity index (χ2n) is 6.15. The fourth-order valence-corrected chi connectivity index (χ4v) is 2.94. The Bertz CT molecular complexity index is 808. The highest BCUT2D eigenvalue weighted by molar-refractivity contribution is 5.87. The molecule has 0 spiro atoms. The van der Waals surface area contributed by atoms with Crippen LogP contribution in [0, 0.1) is 22.9 Å². The fraction of sp³-hybridized carbons (Fsp3) is 0.278. The SMILES string of the molecule is Cc1ccc(NC2CCN(Cc3ccc(F)cc3)C2=O)c([N+](=O)[O-])c1. The molecule has 2 aromatic rings. The van der Waals surface area contributed by atoms with Crippen LogP contribution in [0.3, 0.4) is 0 Å². The van der Waals surface area contributed by atoms with E-state index in [1.165, 1.54) is 18.2 Å². The lowest BCUT2D eigenvalue weighted by Crippen LogP contribution is -2.33. The zero-order chi connectivity index (χ0) is 18.0.